The molecule has 0 aliphatic carbocycles. The molecule has 3 rings (SSSR count). The molecular weight excluding hydrogens is 419 g/mol. The number of aromatic nitrogens is 2. The number of nitrogens with one attached hydrogen (secondary N) is 2. The van der Waals surface area contributed by atoms with Crippen molar-refractivity contribution in [3.63, 3.8) is 0 Å². The maximum atomic E-state index is 14.6. The Hall–Kier alpha value is -2.65. The quantitative estimate of drug-likeness (QED) is 0.604. The second-order valence-corrected chi connectivity index (χ2v) is 8.60. The molecule has 154 valence electrons. The Kier molecular flexibility index (Phi) is 4.75. The lowest BCUT2D eigenvalue weighted by molar-refractivity contribution is 0.599. The van der Waals surface area contributed by atoms with Crippen molar-refractivity contribution in [2.45, 2.75) is 20.3 Å². The van der Waals surface area contributed by atoms with Crippen molar-refractivity contribution in [1.29, 1.82) is 0 Å². The minimum Gasteiger partial charge on any atom is -0.352 e. The topological polar surface area (TPSA) is 93.1 Å². The molecule has 10 heteroatoms. The van der Waals surface area contributed by atoms with E-state index in [0.29, 0.717) is 16.6 Å². The van der Waals surface area contributed by atoms with Crippen LogP contribution in [0.2, 0.25) is 5.02 Å². The molecule has 3 aromatic rings. The second-order valence-electron chi connectivity index (χ2n) is 6.38. The molecule has 0 spiro atoms. The van der Waals surface area contributed by atoms with Crippen LogP contribution < -0.4 is 15.6 Å². The smallest absolute Gasteiger partial charge is 0.261 e. The van der Waals surface area contributed by atoms with Gasteiger partial charge in [0.2, 0.25) is 10.0 Å². The summed E-state index contributed by atoms with van der Waals surface area (Å²) >= 11 is 6.28. The molecule has 0 aliphatic heterocycles. The van der Waals surface area contributed by atoms with Gasteiger partial charge >= 0.3 is 0 Å². The molecule has 0 aliphatic rings. The number of hydrogen-bond acceptors (Lipinski definition) is 5. The summed E-state index contributed by atoms with van der Waals surface area (Å²) in [6.45, 7) is 0.542. The maximum Gasteiger partial charge on any atom is 0.261 e. The van der Waals surface area contributed by atoms with Crippen LogP contribution in [-0.4, -0.2) is 23.7 Å². The van der Waals surface area contributed by atoms with E-state index in [1.807, 2.05) is 0 Å². The van der Waals surface area contributed by atoms with Crippen LogP contribution in [0, 0.1) is 12.7 Å². The van der Waals surface area contributed by atoms with Gasteiger partial charge in [0.1, 0.15) is 5.82 Å². The monoisotopic (exact) mass is 441 g/mol. The van der Waals surface area contributed by atoms with E-state index in [2.05, 4.69) is 15.0 Å². The highest BCUT2D eigenvalue weighted by molar-refractivity contribution is 7.92. The fourth-order valence-corrected chi connectivity index (χ4v) is 4.32. The number of sulfonamides is 1. The van der Waals surface area contributed by atoms with Gasteiger partial charge in [0.25, 0.3) is 5.56 Å². The third-order valence-electron chi connectivity index (χ3n) is 4.28. The van der Waals surface area contributed by atoms with E-state index in [0.717, 1.165) is 12.4 Å². The zero-order valence-corrected chi connectivity index (χ0v) is 17.2. The Morgan fingerprint density at radius 2 is 2.00 bits per heavy atom. The van der Waals surface area contributed by atoms with Gasteiger partial charge in [0, 0.05) is 16.8 Å². The number of benzene rings is 2. The van der Waals surface area contributed by atoms with Gasteiger partial charge in [-0.2, -0.15) is 0 Å². The van der Waals surface area contributed by atoms with Crippen LogP contribution in [-0.2, 0) is 17.0 Å². The van der Waals surface area contributed by atoms with E-state index in [9.17, 15) is 17.6 Å². The molecule has 1 aromatic heterocycles. The largest absolute Gasteiger partial charge is 0.352 e. The Balaban J connectivity index is 2.10. The van der Waals surface area contributed by atoms with Crippen LogP contribution in [0.15, 0.2) is 35.4 Å². The van der Waals surface area contributed by atoms with E-state index >= 15 is 0 Å². The molecular formula is C19H20ClFN4O3S. The normalized spacial score (nSPS) is 13.6. The molecule has 0 atom stereocenters. The first kappa shape index (κ1) is 17.2. The molecule has 2 N–H and O–H groups in total. The zero-order valence-electron chi connectivity index (χ0n) is 18.6. The van der Waals surface area contributed by atoms with E-state index in [-0.39, 0.29) is 38.7 Å². The van der Waals surface area contributed by atoms with E-state index in [1.165, 1.54) is 18.2 Å². The summed E-state index contributed by atoms with van der Waals surface area (Å²) in [7, 11) is -3.66. The molecule has 0 fully saturated rings. The van der Waals surface area contributed by atoms with Gasteiger partial charge < -0.3 is 9.88 Å². The van der Waals surface area contributed by atoms with E-state index < -0.39 is 28.4 Å². The number of aryl methyl sites for hydroxylation is 2. The minimum atomic E-state index is -3.66. The summed E-state index contributed by atoms with van der Waals surface area (Å²) in [4.78, 5) is 16.8. The number of anilines is 3. The van der Waals surface area contributed by atoms with Gasteiger partial charge in [-0.3, -0.25) is 9.52 Å². The first-order valence-electron chi connectivity index (χ1n) is 10.1. The first-order valence-corrected chi connectivity index (χ1v) is 10.7. The highest BCUT2D eigenvalue weighted by atomic mass is 35.5. The average Bonchev–Trinajstić information content (AvgIpc) is 2.68. The highest BCUT2D eigenvalue weighted by Crippen LogP contribution is 2.36. The fraction of sp³-hybridized carbons (Fsp3) is 0.263. The van der Waals surface area contributed by atoms with Crippen molar-refractivity contribution in [2.24, 2.45) is 6.98 Å². The van der Waals surface area contributed by atoms with Crippen molar-refractivity contribution in [1.82, 2.24) is 9.55 Å². The molecule has 29 heavy (non-hydrogen) atoms. The van der Waals surface area contributed by atoms with Crippen molar-refractivity contribution in [3.05, 3.63) is 57.3 Å². The predicted octanol–water partition coefficient (Wildman–Crippen LogP) is 3.93. The van der Waals surface area contributed by atoms with Crippen molar-refractivity contribution < 1.29 is 16.9 Å². The predicted molar refractivity (Wildman–Crippen MR) is 114 cm³/mol. The molecule has 0 unspecified atom stereocenters. The Morgan fingerprint density at radius 3 is 2.69 bits per heavy atom. The Morgan fingerprint density at radius 1 is 1.28 bits per heavy atom. The Bertz CT molecular complexity index is 1360. The lowest BCUT2D eigenvalue weighted by Crippen LogP contribution is -2.18. The van der Waals surface area contributed by atoms with Gasteiger partial charge in [-0.25, -0.2) is 17.8 Å². The number of nitrogens with zero attached hydrogens (tertiary/aromatic N) is 2. The summed E-state index contributed by atoms with van der Waals surface area (Å²) in [6.07, 6.45) is 1.34. The van der Waals surface area contributed by atoms with Crippen LogP contribution in [0.1, 0.15) is 23.0 Å². The van der Waals surface area contributed by atoms with E-state index in [1.54, 1.807) is 13.8 Å². The van der Waals surface area contributed by atoms with Crippen LogP contribution in [0.5, 0.6) is 0 Å². The molecule has 0 radical (unpaired) electrons. The zero-order chi connectivity index (χ0) is 23.8. The van der Waals surface area contributed by atoms with Crippen LogP contribution in [0.25, 0.3) is 10.9 Å². The van der Waals surface area contributed by atoms with Crippen LogP contribution in [0.3, 0.4) is 0 Å². The first-order chi connectivity index (χ1) is 14.9. The Labute approximate surface area is 176 Å². The van der Waals surface area contributed by atoms with Crippen LogP contribution in [0.4, 0.5) is 21.5 Å². The summed E-state index contributed by atoms with van der Waals surface area (Å²) in [6, 6.07) is 5.28. The molecule has 0 bridgehead atoms. The van der Waals surface area contributed by atoms with Gasteiger partial charge in [-0.1, -0.05) is 18.5 Å². The molecule has 0 amide bonds. The molecule has 0 saturated heterocycles. The molecule has 2 aromatic carbocycles. The number of rotatable bonds is 6. The van der Waals surface area contributed by atoms with Gasteiger partial charge in [0.05, 0.1) is 39.4 Å². The van der Waals surface area contributed by atoms with Crippen LogP contribution >= 0.6 is 11.6 Å². The second kappa shape index (κ2) is 8.00. The lowest BCUT2D eigenvalue weighted by Gasteiger charge is -2.16. The summed E-state index contributed by atoms with van der Waals surface area (Å²) in [5, 5.41) is 2.63. The third kappa shape index (κ3) is 4.20. The maximum absolute atomic E-state index is 14.6. The summed E-state index contributed by atoms with van der Waals surface area (Å²) < 4.78 is 64.1. The van der Waals surface area contributed by atoms with Gasteiger partial charge in [-0.05, 0) is 43.2 Å². The molecule has 1 heterocycles. The van der Waals surface area contributed by atoms with Gasteiger partial charge in [-0.15, -0.1) is 0 Å². The SMILES string of the molecule is [2H]C([2H])([2H])n1cnc2ccc(Nc3c(F)ccc(NS(=O)(=O)CCC)c3Cl)c(C)c2c1=O. The minimum absolute atomic E-state index is 0.00566. The lowest BCUT2D eigenvalue weighted by atomic mass is 10.1. The van der Waals surface area contributed by atoms with Crippen molar-refractivity contribution >= 4 is 49.6 Å². The third-order valence-corrected chi connectivity index (χ3v) is 6.15. The summed E-state index contributed by atoms with van der Waals surface area (Å²) in [5.41, 5.74) is -0.116. The number of halogens is 2. The van der Waals surface area contributed by atoms with Crippen molar-refractivity contribution in [2.75, 3.05) is 15.8 Å². The average molecular weight is 442 g/mol. The van der Waals surface area contributed by atoms with Gasteiger partial charge in [0.15, 0.2) is 0 Å². The summed E-state index contributed by atoms with van der Waals surface area (Å²) in [5.74, 6) is -0.880. The highest BCUT2D eigenvalue weighted by Gasteiger charge is 2.18. The van der Waals surface area contributed by atoms with E-state index in [4.69, 9.17) is 15.7 Å². The number of hydrogen-bond donors (Lipinski definition) is 2. The fourth-order valence-electron chi connectivity index (χ4n) is 2.87. The van der Waals surface area contributed by atoms with Crippen molar-refractivity contribution in [3.8, 4) is 0 Å². The molecule has 0 saturated carbocycles. The molecule has 7 nitrogen and oxygen atoms in total. The number of fused-ring (bicyclic) bond motifs is 1. The standard InChI is InChI=1S/C19H20ClFN4O3S/c1-4-9-29(27,28)24-15-6-5-12(21)18(17(15)20)23-13-7-8-14-16(11(13)2)19(26)25(3)10-22-14/h5-8,10,23-24H,4,9H2,1-3H3/i3D3.